The minimum atomic E-state index is 0.592. The van der Waals surface area contributed by atoms with Crippen LogP contribution in [0.15, 0.2) is 12.4 Å². The number of rotatable bonds is 4. The molecule has 2 heterocycles. The van der Waals surface area contributed by atoms with Crippen molar-refractivity contribution < 1.29 is 0 Å². The van der Waals surface area contributed by atoms with Gasteiger partial charge in [-0.3, -0.25) is 0 Å². The molecule has 0 radical (unpaired) electrons. The zero-order valence-corrected chi connectivity index (χ0v) is 10.5. The molecule has 1 aromatic rings. The van der Waals surface area contributed by atoms with Gasteiger partial charge in [-0.05, 0) is 32.2 Å². The van der Waals surface area contributed by atoms with Crippen LogP contribution in [0, 0.1) is 0 Å². The lowest BCUT2D eigenvalue weighted by Crippen LogP contribution is -2.39. The summed E-state index contributed by atoms with van der Waals surface area (Å²) in [6.45, 7) is 2.16. The molecule has 1 N–H and O–H groups in total. The molecule has 17 heavy (non-hydrogen) atoms. The molecule has 2 fully saturated rings. The summed E-state index contributed by atoms with van der Waals surface area (Å²) in [5.41, 5.74) is 0. The lowest BCUT2D eigenvalue weighted by Gasteiger charge is -2.25. The predicted octanol–water partition coefficient (Wildman–Crippen LogP) is 1.85. The number of anilines is 1. The Morgan fingerprint density at radius 3 is 2.65 bits per heavy atom. The Hall–Kier alpha value is -0.870. The van der Waals surface area contributed by atoms with Crippen molar-refractivity contribution in [3.05, 3.63) is 17.4 Å². The van der Waals surface area contributed by atoms with Crippen LogP contribution in [0.3, 0.4) is 0 Å². The van der Waals surface area contributed by atoms with Gasteiger partial charge in [0, 0.05) is 18.6 Å². The highest BCUT2D eigenvalue weighted by molar-refractivity contribution is 6.30. The number of hydrogen-bond acceptors (Lipinski definition) is 4. The van der Waals surface area contributed by atoms with Gasteiger partial charge in [0.1, 0.15) is 0 Å². The lowest BCUT2D eigenvalue weighted by molar-refractivity contribution is 0.571. The average Bonchev–Trinajstić information content (AvgIpc) is 3.05. The molecule has 1 saturated carbocycles. The van der Waals surface area contributed by atoms with Crippen LogP contribution in [0.2, 0.25) is 5.02 Å². The van der Waals surface area contributed by atoms with Gasteiger partial charge in [0.2, 0.25) is 5.95 Å². The Morgan fingerprint density at radius 2 is 2.06 bits per heavy atom. The van der Waals surface area contributed by atoms with Crippen molar-refractivity contribution in [3.63, 3.8) is 0 Å². The number of nitrogens with zero attached hydrogens (tertiary/aromatic N) is 3. The van der Waals surface area contributed by atoms with Gasteiger partial charge in [-0.25, -0.2) is 9.97 Å². The normalized spacial score (nSPS) is 23.9. The molecule has 0 aromatic carbocycles. The second-order valence-corrected chi connectivity index (χ2v) is 5.31. The standard InChI is InChI=1S/C12H17ClN4/c13-9-6-15-12(16-7-9)17(11-3-4-11)8-10-2-1-5-14-10/h6-7,10-11,14H,1-5,8H2. The summed E-state index contributed by atoms with van der Waals surface area (Å²) in [6, 6.07) is 1.23. The SMILES string of the molecule is Clc1cnc(N(CC2CCCN2)C2CC2)nc1. The Bertz CT molecular complexity index is 371. The van der Waals surface area contributed by atoms with Crippen molar-refractivity contribution in [2.24, 2.45) is 0 Å². The summed E-state index contributed by atoms with van der Waals surface area (Å²) >= 11 is 5.83. The van der Waals surface area contributed by atoms with E-state index in [4.69, 9.17) is 11.6 Å². The van der Waals surface area contributed by atoms with E-state index in [0.717, 1.165) is 19.0 Å². The van der Waals surface area contributed by atoms with E-state index in [2.05, 4.69) is 20.2 Å². The lowest BCUT2D eigenvalue weighted by atomic mass is 10.2. The molecule has 0 spiro atoms. The van der Waals surface area contributed by atoms with Gasteiger partial charge in [0.25, 0.3) is 0 Å². The van der Waals surface area contributed by atoms with Gasteiger partial charge in [0.15, 0.2) is 0 Å². The molecule has 0 amide bonds. The van der Waals surface area contributed by atoms with Gasteiger partial charge < -0.3 is 10.2 Å². The largest absolute Gasteiger partial charge is 0.336 e. The minimum absolute atomic E-state index is 0.592. The molecule has 2 aliphatic rings. The summed E-state index contributed by atoms with van der Waals surface area (Å²) < 4.78 is 0. The summed E-state index contributed by atoms with van der Waals surface area (Å²) in [4.78, 5) is 11.0. The van der Waals surface area contributed by atoms with Gasteiger partial charge >= 0.3 is 0 Å². The maximum absolute atomic E-state index is 5.83. The average molecular weight is 253 g/mol. The predicted molar refractivity (Wildman–Crippen MR) is 68.4 cm³/mol. The quantitative estimate of drug-likeness (QED) is 0.888. The van der Waals surface area contributed by atoms with Gasteiger partial charge in [0.05, 0.1) is 17.4 Å². The number of aromatic nitrogens is 2. The highest BCUT2D eigenvalue weighted by atomic mass is 35.5. The molecule has 1 aliphatic heterocycles. The molecule has 1 atom stereocenters. The van der Waals surface area contributed by atoms with Crippen molar-refractivity contribution in [1.29, 1.82) is 0 Å². The third kappa shape index (κ3) is 2.69. The van der Waals surface area contributed by atoms with Crippen LogP contribution in [0.4, 0.5) is 5.95 Å². The first-order valence-electron chi connectivity index (χ1n) is 6.30. The molecular formula is C12H17ClN4. The van der Waals surface area contributed by atoms with Crippen LogP contribution in [-0.2, 0) is 0 Å². The van der Waals surface area contributed by atoms with Crippen LogP contribution in [-0.4, -0.2) is 35.1 Å². The second kappa shape index (κ2) is 4.78. The molecule has 92 valence electrons. The molecule has 0 bridgehead atoms. The van der Waals surface area contributed by atoms with E-state index in [0.29, 0.717) is 17.1 Å². The number of hydrogen-bond donors (Lipinski definition) is 1. The Labute approximate surface area is 106 Å². The first kappa shape index (κ1) is 11.2. The minimum Gasteiger partial charge on any atom is -0.336 e. The monoisotopic (exact) mass is 252 g/mol. The molecular weight excluding hydrogens is 236 g/mol. The molecule has 1 unspecified atom stereocenters. The van der Waals surface area contributed by atoms with Crippen LogP contribution in [0.5, 0.6) is 0 Å². The first-order chi connectivity index (χ1) is 8.33. The number of nitrogens with one attached hydrogen (secondary N) is 1. The van der Waals surface area contributed by atoms with Crippen LogP contribution in [0.25, 0.3) is 0 Å². The van der Waals surface area contributed by atoms with Crippen LogP contribution >= 0.6 is 11.6 Å². The zero-order valence-electron chi connectivity index (χ0n) is 9.77. The van der Waals surface area contributed by atoms with Gasteiger partial charge in [-0.15, -0.1) is 0 Å². The summed E-state index contributed by atoms with van der Waals surface area (Å²) in [7, 11) is 0. The van der Waals surface area contributed by atoms with Crippen molar-refractivity contribution in [2.75, 3.05) is 18.0 Å². The third-order valence-electron chi connectivity index (χ3n) is 3.43. The Balaban J connectivity index is 1.72. The van der Waals surface area contributed by atoms with E-state index in [1.54, 1.807) is 12.4 Å². The fraction of sp³-hybridized carbons (Fsp3) is 0.667. The summed E-state index contributed by atoms with van der Waals surface area (Å²) in [6.07, 6.45) is 8.43. The Morgan fingerprint density at radius 1 is 1.29 bits per heavy atom. The highest BCUT2D eigenvalue weighted by Crippen LogP contribution is 2.30. The Kier molecular flexibility index (Phi) is 3.16. The topological polar surface area (TPSA) is 41.1 Å². The zero-order chi connectivity index (χ0) is 11.7. The van der Waals surface area contributed by atoms with E-state index in [1.165, 1.54) is 25.7 Å². The molecule has 4 nitrogen and oxygen atoms in total. The van der Waals surface area contributed by atoms with E-state index in [-0.39, 0.29) is 0 Å². The molecule has 1 aliphatic carbocycles. The first-order valence-corrected chi connectivity index (χ1v) is 6.68. The summed E-state index contributed by atoms with van der Waals surface area (Å²) in [5.74, 6) is 0.825. The molecule has 5 heteroatoms. The highest BCUT2D eigenvalue weighted by Gasteiger charge is 2.32. The second-order valence-electron chi connectivity index (χ2n) is 4.88. The van der Waals surface area contributed by atoms with E-state index < -0.39 is 0 Å². The van der Waals surface area contributed by atoms with Crippen molar-refractivity contribution in [2.45, 2.75) is 37.8 Å². The fourth-order valence-corrected chi connectivity index (χ4v) is 2.48. The van der Waals surface area contributed by atoms with Gasteiger partial charge in [-0.2, -0.15) is 0 Å². The maximum atomic E-state index is 5.83. The van der Waals surface area contributed by atoms with Crippen molar-refractivity contribution in [1.82, 2.24) is 15.3 Å². The number of halogens is 1. The van der Waals surface area contributed by atoms with E-state index in [9.17, 15) is 0 Å². The van der Waals surface area contributed by atoms with E-state index in [1.807, 2.05) is 0 Å². The van der Waals surface area contributed by atoms with Crippen molar-refractivity contribution >= 4 is 17.5 Å². The van der Waals surface area contributed by atoms with Crippen LogP contribution in [0.1, 0.15) is 25.7 Å². The third-order valence-corrected chi connectivity index (χ3v) is 3.63. The van der Waals surface area contributed by atoms with Gasteiger partial charge in [-0.1, -0.05) is 11.6 Å². The van der Waals surface area contributed by atoms with Crippen molar-refractivity contribution in [3.8, 4) is 0 Å². The molecule has 3 rings (SSSR count). The molecule has 1 aromatic heterocycles. The van der Waals surface area contributed by atoms with E-state index >= 15 is 0 Å². The fourth-order valence-electron chi connectivity index (χ4n) is 2.38. The molecule has 1 saturated heterocycles. The maximum Gasteiger partial charge on any atom is 0.225 e. The summed E-state index contributed by atoms with van der Waals surface area (Å²) in [5, 5.41) is 4.13. The smallest absolute Gasteiger partial charge is 0.225 e. The van der Waals surface area contributed by atoms with Crippen LogP contribution < -0.4 is 10.2 Å².